The van der Waals surface area contributed by atoms with Gasteiger partial charge in [0.2, 0.25) is 5.91 Å². The number of ether oxygens (including phenoxy) is 1. The highest BCUT2D eigenvalue weighted by Gasteiger charge is 2.18. The molecule has 0 heterocycles. The predicted octanol–water partition coefficient (Wildman–Crippen LogP) is 15.7. The fraction of sp³-hybridized carbons (Fsp3) is 0.925. The molecule has 0 spiro atoms. The van der Waals surface area contributed by atoms with E-state index >= 15 is 0 Å². The van der Waals surface area contributed by atoms with Crippen LogP contribution in [-0.4, -0.2) is 47.4 Å². The van der Waals surface area contributed by atoms with Gasteiger partial charge < -0.3 is 20.3 Å². The highest BCUT2D eigenvalue weighted by Crippen LogP contribution is 2.17. The van der Waals surface area contributed by atoms with Crippen LogP contribution in [0.1, 0.15) is 290 Å². The number of nitrogens with one attached hydrogen (secondary N) is 1. The van der Waals surface area contributed by atoms with Gasteiger partial charge >= 0.3 is 5.97 Å². The molecule has 0 aliphatic heterocycles. The highest BCUT2D eigenvalue weighted by atomic mass is 16.5. The SMILES string of the molecule is CCCCCCCCCC/C=C/C(O)C(CO)NC(=O)CCCCCCCCCCCCCCCCCCCOC(=O)CCCCCCCCCCCCCCCCC. The van der Waals surface area contributed by atoms with E-state index < -0.39 is 12.1 Å². The lowest BCUT2D eigenvalue weighted by atomic mass is 10.0. The fourth-order valence-corrected chi connectivity index (χ4v) is 8.22. The maximum atomic E-state index is 12.4. The first-order valence-corrected chi connectivity index (χ1v) is 26.5. The molecule has 2 atom stereocenters. The van der Waals surface area contributed by atoms with Gasteiger partial charge in [0.1, 0.15) is 0 Å². The van der Waals surface area contributed by atoms with E-state index in [1.165, 1.54) is 225 Å². The molecule has 0 aromatic rings. The third-order valence-electron chi connectivity index (χ3n) is 12.3. The lowest BCUT2D eigenvalue weighted by Crippen LogP contribution is -2.45. The molecule has 0 bridgehead atoms. The zero-order valence-corrected chi connectivity index (χ0v) is 39.7. The zero-order chi connectivity index (χ0) is 43.0. The first-order valence-electron chi connectivity index (χ1n) is 26.5. The van der Waals surface area contributed by atoms with Gasteiger partial charge in [-0.1, -0.05) is 257 Å². The Morgan fingerprint density at radius 3 is 1.15 bits per heavy atom. The summed E-state index contributed by atoms with van der Waals surface area (Å²) in [6, 6.07) is -0.629. The highest BCUT2D eigenvalue weighted by molar-refractivity contribution is 5.76. The van der Waals surface area contributed by atoms with Gasteiger partial charge in [0.05, 0.1) is 25.4 Å². The van der Waals surface area contributed by atoms with Crippen LogP contribution >= 0.6 is 0 Å². The van der Waals surface area contributed by atoms with Gasteiger partial charge in [-0.3, -0.25) is 9.59 Å². The van der Waals surface area contributed by atoms with Crippen molar-refractivity contribution >= 4 is 11.9 Å². The van der Waals surface area contributed by atoms with Crippen molar-refractivity contribution in [2.45, 2.75) is 302 Å². The molecule has 0 aliphatic carbocycles. The van der Waals surface area contributed by atoms with Gasteiger partial charge in [0, 0.05) is 12.8 Å². The average Bonchev–Trinajstić information content (AvgIpc) is 3.24. The molecule has 0 aliphatic rings. The molecule has 0 saturated carbocycles. The van der Waals surface area contributed by atoms with Crippen LogP contribution in [0.2, 0.25) is 0 Å². The molecule has 1 amide bonds. The fourth-order valence-electron chi connectivity index (χ4n) is 8.22. The van der Waals surface area contributed by atoms with Crippen molar-refractivity contribution in [3.8, 4) is 0 Å². The van der Waals surface area contributed by atoms with Crippen molar-refractivity contribution in [1.29, 1.82) is 0 Å². The number of aliphatic hydroxyl groups excluding tert-OH is 2. The van der Waals surface area contributed by atoms with E-state index in [1.54, 1.807) is 6.08 Å². The van der Waals surface area contributed by atoms with E-state index in [0.29, 0.717) is 19.4 Å². The first-order chi connectivity index (χ1) is 29.0. The summed E-state index contributed by atoms with van der Waals surface area (Å²) in [5, 5.41) is 22.9. The van der Waals surface area contributed by atoms with Gasteiger partial charge in [-0.15, -0.1) is 0 Å². The maximum Gasteiger partial charge on any atom is 0.305 e. The van der Waals surface area contributed by atoms with E-state index in [0.717, 1.165) is 38.5 Å². The van der Waals surface area contributed by atoms with Crippen LogP contribution in [0.3, 0.4) is 0 Å². The van der Waals surface area contributed by atoms with Crippen molar-refractivity contribution in [3.63, 3.8) is 0 Å². The lowest BCUT2D eigenvalue weighted by Gasteiger charge is -2.20. The number of esters is 1. The van der Waals surface area contributed by atoms with Crippen LogP contribution in [0.25, 0.3) is 0 Å². The van der Waals surface area contributed by atoms with Gasteiger partial charge in [-0.2, -0.15) is 0 Å². The minimum Gasteiger partial charge on any atom is -0.466 e. The van der Waals surface area contributed by atoms with Crippen molar-refractivity contribution in [2.24, 2.45) is 0 Å². The molecule has 0 aromatic heterocycles. The number of hydrogen-bond donors (Lipinski definition) is 3. The summed E-state index contributed by atoms with van der Waals surface area (Å²) >= 11 is 0. The topological polar surface area (TPSA) is 95.9 Å². The van der Waals surface area contributed by atoms with Crippen LogP contribution in [-0.2, 0) is 14.3 Å². The second-order valence-electron chi connectivity index (χ2n) is 18.2. The molecular weight excluding hydrogens is 731 g/mol. The van der Waals surface area contributed by atoms with E-state index in [4.69, 9.17) is 4.74 Å². The molecule has 0 rings (SSSR count). The van der Waals surface area contributed by atoms with Crippen molar-refractivity contribution in [2.75, 3.05) is 13.2 Å². The molecule has 6 heteroatoms. The van der Waals surface area contributed by atoms with Gasteiger partial charge in [0.25, 0.3) is 0 Å². The molecule has 59 heavy (non-hydrogen) atoms. The normalized spacial score (nSPS) is 12.7. The second-order valence-corrected chi connectivity index (χ2v) is 18.2. The number of hydrogen-bond acceptors (Lipinski definition) is 5. The van der Waals surface area contributed by atoms with E-state index in [2.05, 4.69) is 19.2 Å². The molecule has 6 nitrogen and oxygen atoms in total. The van der Waals surface area contributed by atoms with Crippen molar-refractivity contribution in [1.82, 2.24) is 5.32 Å². The zero-order valence-electron chi connectivity index (χ0n) is 39.7. The predicted molar refractivity (Wildman–Crippen MR) is 255 cm³/mol. The Balaban J connectivity index is 3.39. The van der Waals surface area contributed by atoms with Crippen molar-refractivity contribution in [3.05, 3.63) is 12.2 Å². The molecular formula is C53H103NO5. The number of carbonyl (C=O) groups excluding carboxylic acids is 2. The smallest absolute Gasteiger partial charge is 0.305 e. The quantitative estimate of drug-likeness (QED) is 0.0322. The van der Waals surface area contributed by atoms with Gasteiger partial charge in [0.15, 0.2) is 0 Å². The molecule has 0 aromatic carbocycles. The van der Waals surface area contributed by atoms with E-state index in [9.17, 15) is 19.8 Å². The van der Waals surface area contributed by atoms with Crippen LogP contribution in [0.4, 0.5) is 0 Å². The minimum atomic E-state index is -0.845. The van der Waals surface area contributed by atoms with Crippen LogP contribution in [0, 0.1) is 0 Å². The Bertz CT molecular complexity index is 878. The largest absolute Gasteiger partial charge is 0.466 e. The number of rotatable bonds is 49. The third-order valence-corrected chi connectivity index (χ3v) is 12.3. The minimum absolute atomic E-state index is 0.00721. The number of carbonyl (C=O) groups is 2. The average molecular weight is 834 g/mol. The second kappa shape index (κ2) is 49.3. The van der Waals surface area contributed by atoms with Crippen LogP contribution < -0.4 is 5.32 Å². The summed E-state index contributed by atoms with van der Waals surface area (Å²) in [5.74, 6) is -0.0672. The summed E-state index contributed by atoms with van der Waals surface area (Å²) in [5.41, 5.74) is 0. The van der Waals surface area contributed by atoms with Crippen LogP contribution in [0.5, 0.6) is 0 Å². The molecule has 2 unspecified atom stereocenters. The van der Waals surface area contributed by atoms with Gasteiger partial charge in [-0.05, 0) is 32.1 Å². The monoisotopic (exact) mass is 834 g/mol. The first kappa shape index (κ1) is 57.6. The number of allylic oxidation sites excluding steroid dienone is 1. The van der Waals surface area contributed by atoms with E-state index in [-0.39, 0.29) is 18.5 Å². The van der Waals surface area contributed by atoms with Crippen LogP contribution in [0.15, 0.2) is 12.2 Å². The summed E-state index contributed by atoms with van der Waals surface area (Å²) in [6.07, 6.45) is 56.5. The number of unbranched alkanes of at least 4 members (excludes halogenated alkanes) is 38. The summed E-state index contributed by atoms with van der Waals surface area (Å²) in [4.78, 5) is 24.4. The van der Waals surface area contributed by atoms with E-state index in [1.807, 2.05) is 6.08 Å². The summed E-state index contributed by atoms with van der Waals surface area (Å²) in [7, 11) is 0. The summed E-state index contributed by atoms with van der Waals surface area (Å²) < 4.78 is 5.47. The third kappa shape index (κ3) is 45.9. The molecule has 0 radical (unpaired) electrons. The molecule has 0 saturated heterocycles. The molecule has 0 fully saturated rings. The summed E-state index contributed by atoms with van der Waals surface area (Å²) in [6.45, 7) is 4.88. The number of aliphatic hydroxyl groups is 2. The lowest BCUT2D eigenvalue weighted by molar-refractivity contribution is -0.143. The Morgan fingerprint density at radius 2 is 0.780 bits per heavy atom. The van der Waals surface area contributed by atoms with Gasteiger partial charge in [-0.25, -0.2) is 0 Å². The molecule has 3 N–H and O–H groups in total. The molecule has 350 valence electrons. The Labute approximate surface area is 368 Å². The Kier molecular flexibility index (Phi) is 48.1. The number of amides is 1. The maximum absolute atomic E-state index is 12.4. The Morgan fingerprint density at radius 1 is 0.458 bits per heavy atom. The standard InChI is InChI=1S/C53H103NO5/c1-3-5-7-9-11-13-15-16-20-24-27-31-35-39-43-47-53(58)59-48-44-40-36-32-28-25-22-19-17-18-21-23-26-30-34-38-42-46-52(57)54-50(49-55)51(56)45-41-37-33-29-14-12-10-8-6-4-2/h41,45,50-51,55-56H,3-40,42-44,46-49H2,1-2H3,(H,54,57)/b45-41+. The Hall–Kier alpha value is -1.40. The van der Waals surface area contributed by atoms with Crippen molar-refractivity contribution < 1.29 is 24.5 Å².